The molecule has 0 fully saturated rings. The van der Waals surface area contributed by atoms with E-state index in [1.807, 2.05) is 0 Å². The van der Waals surface area contributed by atoms with Crippen LogP contribution < -0.4 is 3.71 Å². The maximum atomic E-state index is 5.20. The molecule has 27 heavy (non-hydrogen) atoms. The molecule has 0 spiro atoms. The van der Waals surface area contributed by atoms with Gasteiger partial charge in [-0.25, -0.2) is 0 Å². The van der Waals surface area contributed by atoms with Crippen molar-refractivity contribution in [2.75, 3.05) is 0 Å². The van der Waals surface area contributed by atoms with Gasteiger partial charge in [0.15, 0.2) is 0 Å². The van der Waals surface area contributed by atoms with Gasteiger partial charge in [-0.2, -0.15) is 0 Å². The second-order valence-corrected chi connectivity index (χ2v) is 29.8. The summed E-state index contributed by atoms with van der Waals surface area (Å²) in [6.45, 7) is 26.5. The maximum absolute atomic E-state index is 5.20. The zero-order valence-electron chi connectivity index (χ0n) is 19.4. The van der Waals surface area contributed by atoms with Gasteiger partial charge in [-0.15, -0.1) is 0 Å². The molecule has 0 atom stereocenters. The molecular weight excluding hydrogens is 433 g/mol. The van der Waals surface area contributed by atoms with Crippen molar-refractivity contribution in [3.63, 3.8) is 0 Å². The van der Waals surface area contributed by atoms with E-state index in [0.717, 1.165) is 0 Å². The van der Waals surface area contributed by atoms with Crippen LogP contribution in [-0.2, 0) is 0 Å². The molecule has 148 valence electrons. The van der Waals surface area contributed by atoms with Gasteiger partial charge < -0.3 is 0 Å². The summed E-state index contributed by atoms with van der Waals surface area (Å²) in [4.78, 5) is 5.20. The van der Waals surface area contributed by atoms with E-state index in [0.29, 0.717) is 0 Å². The second kappa shape index (κ2) is 7.21. The summed E-state index contributed by atoms with van der Waals surface area (Å²) in [6.07, 6.45) is 2.14. The van der Waals surface area contributed by atoms with Gasteiger partial charge in [0, 0.05) is 0 Å². The van der Waals surface area contributed by atoms with Gasteiger partial charge in [-0.1, -0.05) is 0 Å². The van der Waals surface area contributed by atoms with Crippen molar-refractivity contribution in [1.82, 2.24) is 4.98 Å². The second-order valence-electron chi connectivity index (χ2n) is 11.2. The van der Waals surface area contributed by atoms with Crippen LogP contribution in [-0.4, -0.2) is 23.4 Å². The van der Waals surface area contributed by atoms with E-state index in [4.69, 9.17) is 4.98 Å². The third-order valence-corrected chi connectivity index (χ3v) is 28.6. The fourth-order valence-corrected chi connectivity index (χ4v) is 34.1. The zero-order chi connectivity index (χ0) is 20.8. The molecule has 0 bridgehead atoms. The average molecular weight is 472 g/mol. The Morgan fingerprint density at radius 3 is 1.44 bits per heavy atom. The first kappa shape index (κ1) is 22.5. The molecule has 0 aliphatic heterocycles. The van der Waals surface area contributed by atoms with E-state index >= 15 is 0 Å². The number of aryl methyl sites for hydroxylation is 2. The van der Waals surface area contributed by atoms with Crippen LogP contribution in [0.3, 0.4) is 0 Å². The van der Waals surface area contributed by atoms with Crippen LogP contribution in [0.1, 0.15) is 73.4 Å². The van der Waals surface area contributed by atoms with Crippen LogP contribution in [0.15, 0.2) is 36.5 Å². The first-order chi connectivity index (χ1) is 12.1. The van der Waals surface area contributed by atoms with Gasteiger partial charge in [0.1, 0.15) is 0 Å². The van der Waals surface area contributed by atoms with E-state index in [9.17, 15) is 0 Å². The third kappa shape index (κ3) is 3.73. The Morgan fingerprint density at radius 2 is 1.11 bits per heavy atom. The van der Waals surface area contributed by atoms with E-state index in [2.05, 4.69) is 113 Å². The molecule has 0 saturated carbocycles. The standard InChI is InChI=1S/C13H12N.3C4H9.Sn/c1-10-5-3-6-11(2)13(10)12-7-4-8-14-9-12;3*1-4(2)3;/h3-7,9H,1-2H3;3*1-3H3;. The minimum atomic E-state index is -3.04. The number of nitrogens with zero attached hydrogens (tertiary/aromatic N) is 1. The molecule has 0 aliphatic rings. The van der Waals surface area contributed by atoms with Gasteiger partial charge >= 0.3 is 172 Å². The molecule has 0 aliphatic carbocycles. The number of aromatic nitrogens is 1. The van der Waals surface area contributed by atoms with Crippen molar-refractivity contribution in [1.29, 1.82) is 0 Å². The van der Waals surface area contributed by atoms with Crippen LogP contribution >= 0.6 is 0 Å². The molecule has 2 rings (SSSR count). The number of hydrogen-bond donors (Lipinski definition) is 0. The van der Waals surface area contributed by atoms with Gasteiger partial charge in [-0.05, 0) is 0 Å². The van der Waals surface area contributed by atoms with Gasteiger partial charge in [0.05, 0.1) is 0 Å². The molecule has 0 N–H and O–H groups in total. The number of benzene rings is 1. The van der Waals surface area contributed by atoms with E-state index < -0.39 is 18.4 Å². The number of pyridine rings is 1. The molecule has 0 radical (unpaired) electrons. The van der Waals surface area contributed by atoms with E-state index in [1.54, 1.807) is 0 Å². The van der Waals surface area contributed by atoms with Crippen molar-refractivity contribution in [3.05, 3.63) is 47.7 Å². The van der Waals surface area contributed by atoms with Crippen molar-refractivity contribution in [3.8, 4) is 11.1 Å². The van der Waals surface area contributed by atoms with Gasteiger partial charge in [0.25, 0.3) is 0 Å². The van der Waals surface area contributed by atoms with E-state index in [1.165, 1.54) is 26.0 Å². The Hall–Kier alpha value is -0.831. The predicted octanol–water partition coefficient (Wildman–Crippen LogP) is 7.42. The molecule has 0 unspecified atom stereocenters. The average Bonchev–Trinajstić information content (AvgIpc) is 2.44. The summed E-state index contributed by atoms with van der Waals surface area (Å²) >= 11 is -3.04. The summed E-state index contributed by atoms with van der Waals surface area (Å²) in [5.41, 5.74) is 5.22. The monoisotopic (exact) mass is 473 g/mol. The molecular formula is C25H39NSn. The van der Waals surface area contributed by atoms with Crippen molar-refractivity contribution < 1.29 is 0 Å². The first-order valence-corrected chi connectivity index (χ1v) is 15.9. The van der Waals surface area contributed by atoms with Gasteiger partial charge in [-0.3, -0.25) is 0 Å². The Bertz CT molecular complexity index is 740. The molecule has 1 heterocycles. The summed E-state index contributed by atoms with van der Waals surface area (Å²) in [6, 6.07) is 11.2. The summed E-state index contributed by atoms with van der Waals surface area (Å²) in [5, 5.41) is 0. The third-order valence-electron chi connectivity index (χ3n) is 6.29. The normalized spacial score (nSPS) is 13.7. The topological polar surface area (TPSA) is 12.9 Å². The Balaban J connectivity index is 2.74. The fraction of sp³-hybridized carbons (Fsp3) is 0.560. The predicted molar refractivity (Wildman–Crippen MR) is 124 cm³/mol. The molecule has 0 saturated heterocycles. The van der Waals surface area contributed by atoms with Crippen molar-refractivity contribution in [2.45, 2.75) is 86.5 Å². The summed E-state index contributed by atoms with van der Waals surface area (Å²) < 4.78 is 2.24. The summed E-state index contributed by atoms with van der Waals surface area (Å²) in [7, 11) is 0. The van der Waals surface area contributed by atoms with Crippen molar-refractivity contribution >= 4 is 22.1 Å². The van der Waals surface area contributed by atoms with Crippen LogP contribution in [0.5, 0.6) is 0 Å². The summed E-state index contributed by atoms with van der Waals surface area (Å²) in [5.74, 6) is 0. The molecule has 1 aromatic carbocycles. The van der Waals surface area contributed by atoms with Crippen LogP contribution in [0.4, 0.5) is 0 Å². The zero-order valence-corrected chi connectivity index (χ0v) is 22.3. The molecule has 0 amide bonds. The Morgan fingerprint density at radius 1 is 0.667 bits per heavy atom. The molecule has 2 heteroatoms. The first-order valence-electron chi connectivity index (χ1n) is 10.2. The SMILES string of the molecule is Cc1cccc(C)c1-c1cc[c]([Sn]([C](C)(C)C)([C](C)(C)C)[C](C)(C)C)nc1. The minimum absolute atomic E-state index is 0.276. The molecule has 2 aromatic rings. The van der Waals surface area contributed by atoms with E-state index in [-0.39, 0.29) is 10.3 Å². The molecule has 1 nitrogen and oxygen atoms in total. The number of hydrogen-bond acceptors (Lipinski definition) is 1. The fourth-order valence-electron chi connectivity index (χ4n) is 6.56. The van der Waals surface area contributed by atoms with Crippen LogP contribution in [0.2, 0.25) is 10.3 Å². The molecule has 1 aromatic heterocycles. The van der Waals surface area contributed by atoms with Crippen molar-refractivity contribution in [2.24, 2.45) is 0 Å². The Kier molecular flexibility index (Phi) is 5.99. The van der Waals surface area contributed by atoms with Crippen LogP contribution in [0.25, 0.3) is 11.1 Å². The van der Waals surface area contributed by atoms with Crippen LogP contribution in [0, 0.1) is 13.8 Å². The quantitative estimate of drug-likeness (QED) is 0.415. The van der Waals surface area contributed by atoms with Gasteiger partial charge in [0.2, 0.25) is 0 Å². The Labute approximate surface area is 171 Å². The number of rotatable bonds is 2.